The molecule has 0 aromatic heterocycles. The number of hydrogen-bond acceptors (Lipinski definition) is 2. The van der Waals surface area contributed by atoms with Gasteiger partial charge in [-0.25, -0.2) is 0 Å². The van der Waals surface area contributed by atoms with Gasteiger partial charge in [-0.3, -0.25) is 9.59 Å². The number of Topliss-reactive ketones (excluding diaryl/α,β-unsaturated/α-hetero) is 1. The molecule has 3 nitrogen and oxygen atoms in total. The lowest BCUT2D eigenvalue weighted by Crippen LogP contribution is -2.34. The maximum Gasteiger partial charge on any atom is 0.290 e. The van der Waals surface area contributed by atoms with Crippen molar-refractivity contribution in [2.75, 3.05) is 13.1 Å². The third kappa shape index (κ3) is 1.80. The number of amides is 1. The average Bonchev–Trinajstić information content (AvgIpc) is 3.11. The summed E-state index contributed by atoms with van der Waals surface area (Å²) < 4.78 is 0. The molecule has 0 atom stereocenters. The fourth-order valence-electron chi connectivity index (χ4n) is 2.78. The van der Waals surface area contributed by atoms with E-state index < -0.39 is 0 Å². The number of carbonyl (C=O) groups is 2. The standard InChI is InChI=1S/C12H17NO2/c14-11-5-6-13(12(11)15)7-10(8-1-2-8)9-3-4-9/h8-10H,1-7H2. The topological polar surface area (TPSA) is 37.4 Å². The Kier molecular flexibility index (Phi) is 2.08. The molecular weight excluding hydrogens is 190 g/mol. The predicted molar refractivity (Wildman–Crippen MR) is 55.1 cm³/mol. The predicted octanol–water partition coefficient (Wildman–Crippen LogP) is 1.22. The van der Waals surface area contributed by atoms with Gasteiger partial charge in [0.2, 0.25) is 5.78 Å². The molecule has 3 fully saturated rings. The molecule has 2 saturated carbocycles. The zero-order chi connectivity index (χ0) is 10.4. The Morgan fingerprint density at radius 1 is 1.13 bits per heavy atom. The van der Waals surface area contributed by atoms with Crippen LogP contribution in [0.5, 0.6) is 0 Å². The normalized spacial score (nSPS) is 26.9. The van der Waals surface area contributed by atoms with Crippen molar-refractivity contribution in [3.63, 3.8) is 0 Å². The lowest BCUT2D eigenvalue weighted by Gasteiger charge is -2.22. The maximum absolute atomic E-state index is 11.5. The Morgan fingerprint density at radius 3 is 2.13 bits per heavy atom. The molecule has 2 aliphatic carbocycles. The van der Waals surface area contributed by atoms with Gasteiger partial charge in [0.25, 0.3) is 5.91 Å². The van der Waals surface area contributed by atoms with E-state index in [-0.39, 0.29) is 11.7 Å². The van der Waals surface area contributed by atoms with Crippen LogP contribution < -0.4 is 0 Å². The minimum Gasteiger partial charge on any atom is -0.335 e. The van der Waals surface area contributed by atoms with Gasteiger partial charge in [-0.2, -0.15) is 0 Å². The largest absolute Gasteiger partial charge is 0.335 e. The monoisotopic (exact) mass is 207 g/mol. The summed E-state index contributed by atoms with van der Waals surface area (Å²) in [6, 6.07) is 0. The first kappa shape index (κ1) is 9.37. The SMILES string of the molecule is O=C1CCN(CC(C2CC2)C2CC2)C1=O. The molecule has 1 heterocycles. The highest BCUT2D eigenvalue weighted by atomic mass is 16.2. The van der Waals surface area contributed by atoms with Gasteiger partial charge in [-0.1, -0.05) is 0 Å². The molecule has 0 aromatic carbocycles. The summed E-state index contributed by atoms with van der Waals surface area (Å²) in [5.41, 5.74) is 0. The fraction of sp³-hybridized carbons (Fsp3) is 0.833. The van der Waals surface area contributed by atoms with Gasteiger partial charge in [0.05, 0.1) is 0 Å². The van der Waals surface area contributed by atoms with Gasteiger partial charge in [0, 0.05) is 19.5 Å². The van der Waals surface area contributed by atoms with Crippen molar-refractivity contribution in [3.8, 4) is 0 Å². The molecule has 1 saturated heterocycles. The van der Waals surface area contributed by atoms with E-state index in [4.69, 9.17) is 0 Å². The molecule has 0 aromatic rings. The minimum atomic E-state index is -0.221. The van der Waals surface area contributed by atoms with Gasteiger partial charge in [-0.15, -0.1) is 0 Å². The molecule has 1 aliphatic heterocycles. The smallest absolute Gasteiger partial charge is 0.290 e. The zero-order valence-corrected chi connectivity index (χ0v) is 8.95. The van der Waals surface area contributed by atoms with Crippen LogP contribution in [-0.4, -0.2) is 29.7 Å². The Labute approximate surface area is 89.8 Å². The first-order chi connectivity index (χ1) is 7.25. The minimum absolute atomic E-state index is 0.180. The number of likely N-dealkylation sites (tertiary alicyclic amines) is 1. The van der Waals surface area contributed by atoms with Crippen LogP contribution in [0.2, 0.25) is 0 Å². The second-order valence-electron chi connectivity index (χ2n) is 5.26. The number of rotatable bonds is 4. The van der Waals surface area contributed by atoms with Crippen molar-refractivity contribution in [2.45, 2.75) is 32.1 Å². The summed E-state index contributed by atoms with van der Waals surface area (Å²) in [4.78, 5) is 24.4. The molecule has 3 aliphatic rings. The van der Waals surface area contributed by atoms with E-state index in [9.17, 15) is 9.59 Å². The highest BCUT2D eigenvalue weighted by molar-refractivity contribution is 6.37. The van der Waals surface area contributed by atoms with Gasteiger partial charge in [-0.05, 0) is 43.4 Å². The van der Waals surface area contributed by atoms with E-state index >= 15 is 0 Å². The van der Waals surface area contributed by atoms with Gasteiger partial charge < -0.3 is 4.90 Å². The van der Waals surface area contributed by atoms with Gasteiger partial charge >= 0.3 is 0 Å². The summed E-state index contributed by atoms with van der Waals surface area (Å²) in [5, 5.41) is 0. The molecule has 1 amide bonds. The third-order valence-corrected chi connectivity index (χ3v) is 4.02. The number of hydrogen-bond donors (Lipinski definition) is 0. The van der Waals surface area contributed by atoms with E-state index in [1.165, 1.54) is 25.7 Å². The quantitative estimate of drug-likeness (QED) is 0.650. The van der Waals surface area contributed by atoms with Crippen LogP contribution >= 0.6 is 0 Å². The van der Waals surface area contributed by atoms with Crippen molar-refractivity contribution in [1.82, 2.24) is 4.90 Å². The van der Waals surface area contributed by atoms with Crippen molar-refractivity contribution < 1.29 is 9.59 Å². The third-order valence-electron chi connectivity index (χ3n) is 4.02. The summed E-state index contributed by atoms with van der Waals surface area (Å²) in [7, 11) is 0. The Balaban J connectivity index is 1.63. The van der Waals surface area contributed by atoms with Crippen molar-refractivity contribution in [1.29, 1.82) is 0 Å². The zero-order valence-electron chi connectivity index (χ0n) is 8.95. The van der Waals surface area contributed by atoms with Crippen LogP contribution in [0.4, 0.5) is 0 Å². The number of nitrogens with zero attached hydrogens (tertiary/aromatic N) is 1. The summed E-state index contributed by atoms with van der Waals surface area (Å²) >= 11 is 0. The Bertz CT molecular complexity index is 293. The van der Waals surface area contributed by atoms with Crippen LogP contribution in [0.15, 0.2) is 0 Å². The summed E-state index contributed by atoms with van der Waals surface area (Å²) in [6.07, 6.45) is 5.82. The Hall–Kier alpha value is -0.860. The first-order valence-corrected chi connectivity index (χ1v) is 6.08. The molecular formula is C12H17NO2. The molecule has 3 heteroatoms. The first-order valence-electron chi connectivity index (χ1n) is 6.08. The average molecular weight is 207 g/mol. The molecule has 0 N–H and O–H groups in total. The maximum atomic E-state index is 11.5. The molecule has 0 radical (unpaired) electrons. The van der Waals surface area contributed by atoms with E-state index in [1.807, 2.05) is 0 Å². The second-order valence-corrected chi connectivity index (χ2v) is 5.26. The summed E-state index contributed by atoms with van der Waals surface area (Å²) in [6.45, 7) is 1.54. The van der Waals surface area contributed by atoms with E-state index in [0.717, 1.165) is 18.4 Å². The number of ketones is 1. The van der Waals surface area contributed by atoms with Crippen LogP contribution in [0.25, 0.3) is 0 Å². The molecule has 82 valence electrons. The van der Waals surface area contributed by atoms with Crippen LogP contribution in [0.3, 0.4) is 0 Å². The lowest BCUT2D eigenvalue weighted by atomic mass is 9.97. The molecule has 15 heavy (non-hydrogen) atoms. The molecule has 0 spiro atoms. The molecule has 0 unspecified atom stereocenters. The molecule has 0 bridgehead atoms. The highest BCUT2D eigenvalue weighted by Gasteiger charge is 2.43. The summed E-state index contributed by atoms with van der Waals surface area (Å²) in [5.74, 6) is 2.03. The van der Waals surface area contributed by atoms with Crippen LogP contribution in [-0.2, 0) is 9.59 Å². The fourth-order valence-corrected chi connectivity index (χ4v) is 2.78. The van der Waals surface area contributed by atoms with E-state index in [1.54, 1.807) is 4.90 Å². The van der Waals surface area contributed by atoms with Crippen LogP contribution in [0.1, 0.15) is 32.1 Å². The molecule has 3 rings (SSSR count). The van der Waals surface area contributed by atoms with Gasteiger partial charge in [0.1, 0.15) is 0 Å². The van der Waals surface area contributed by atoms with Crippen molar-refractivity contribution in [3.05, 3.63) is 0 Å². The second kappa shape index (κ2) is 3.32. The Morgan fingerprint density at radius 2 is 1.73 bits per heavy atom. The highest BCUT2D eigenvalue weighted by Crippen LogP contribution is 2.49. The van der Waals surface area contributed by atoms with Crippen molar-refractivity contribution >= 4 is 11.7 Å². The number of carbonyl (C=O) groups excluding carboxylic acids is 2. The van der Waals surface area contributed by atoms with Crippen molar-refractivity contribution in [2.24, 2.45) is 17.8 Å². The van der Waals surface area contributed by atoms with Crippen LogP contribution in [0, 0.1) is 17.8 Å². The van der Waals surface area contributed by atoms with E-state index in [0.29, 0.717) is 18.9 Å². The van der Waals surface area contributed by atoms with Gasteiger partial charge in [0.15, 0.2) is 0 Å². The van der Waals surface area contributed by atoms with E-state index in [2.05, 4.69) is 0 Å². The lowest BCUT2D eigenvalue weighted by molar-refractivity contribution is -0.140.